The fourth-order valence-corrected chi connectivity index (χ4v) is 10.5. The highest BCUT2D eigenvalue weighted by Gasteiger charge is 2.55. The van der Waals surface area contributed by atoms with Gasteiger partial charge in [0.15, 0.2) is 5.82 Å². The molecule has 6 fully saturated rings. The van der Waals surface area contributed by atoms with Crippen LogP contribution in [0.3, 0.4) is 0 Å². The van der Waals surface area contributed by atoms with Gasteiger partial charge in [-0.2, -0.15) is 5.26 Å². The molecule has 4 saturated heterocycles. The van der Waals surface area contributed by atoms with Crippen molar-refractivity contribution in [3.63, 3.8) is 0 Å². The number of halogens is 5. The lowest BCUT2D eigenvalue weighted by atomic mass is 9.79. The first-order valence-corrected chi connectivity index (χ1v) is 19.8. The summed E-state index contributed by atoms with van der Waals surface area (Å²) in [5, 5.41) is 15.4. The Morgan fingerprint density at radius 1 is 1.09 bits per heavy atom. The number of alkyl halides is 2. The number of likely N-dealkylation sites (tertiary alicyclic amines) is 1. The third-order valence-electron chi connectivity index (χ3n) is 12.7. The van der Waals surface area contributed by atoms with Gasteiger partial charge in [-0.3, -0.25) is 4.79 Å². The van der Waals surface area contributed by atoms with E-state index in [0.717, 1.165) is 48.8 Å². The van der Waals surface area contributed by atoms with E-state index in [-0.39, 0.29) is 76.1 Å². The van der Waals surface area contributed by atoms with Crippen LogP contribution in [-0.2, 0) is 11.2 Å². The van der Waals surface area contributed by atoms with Gasteiger partial charge < -0.3 is 19.7 Å². The molecule has 1 N–H and O–H groups in total. The van der Waals surface area contributed by atoms with Gasteiger partial charge in [-0.25, -0.2) is 28.1 Å². The number of fused-ring (bicyclic) bond motifs is 6. The predicted molar refractivity (Wildman–Crippen MR) is 204 cm³/mol. The van der Waals surface area contributed by atoms with E-state index in [1.165, 1.54) is 12.3 Å². The van der Waals surface area contributed by atoms with Crippen molar-refractivity contribution in [2.24, 2.45) is 17.8 Å². The van der Waals surface area contributed by atoms with Crippen molar-refractivity contribution >= 4 is 56.9 Å². The molecule has 0 spiro atoms. The van der Waals surface area contributed by atoms with Gasteiger partial charge in [0.1, 0.15) is 11.2 Å². The van der Waals surface area contributed by atoms with Crippen molar-refractivity contribution < 1.29 is 18.0 Å². The maximum absolute atomic E-state index is 17.3. The molecule has 7 heterocycles. The molecular formula is C41H37Cl2F3N8O. The van der Waals surface area contributed by atoms with E-state index in [0.29, 0.717) is 52.7 Å². The van der Waals surface area contributed by atoms with Gasteiger partial charge >= 0.3 is 0 Å². The third-order valence-corrected chi connectivity index (χ3v) is 13.5. The van der Waals surface area contributed by atoms with Crippen LogP contribution in [0.25, 0.3) is 32.9 Å². The number of anilines is 1. The van der Waals surface area contributed by atoms with E-state index in [9.17, 15) is 18.8 Å². The molecule has 6 aliphatic rings. The highest BCUT2D eigenvalue weighted by Crippen LogP contribution is 2.54. The molecule has 9 nitrogen and oxygen atoms in total. The van der Waals surface area contributed by atoms with Gasteiger partial charge in [0.25, 0.3) is 6.43 Å². The van der Waals surface area contributed by atoms with Crippen LogP contribution in [0, 0.1) is 41.8 Å². The number of rotatable bonds is 8. The van der Waals surface area contributed by atoms with Gasteiger partial charge in [-0.15, -0.1) is 0 Å². The highest BCUT2D eigenvalue weighted by atomic mass is 35.5. The zero-order valence-corrected chi connectivity index (χ0v) is 31.5. The maximum atomic E-state index is 17.3. The molecule has 1 amide bonds. The Balaban J connectivity index is 1.19. The highest BCUT2D eigenvalue weighted by molar-refractivity contribution is 6.43. The number of carbonyl (C=O) groups is 1. The lowest BCUT2D eigenvalue weighted by Gasteiger charge is -2.40. The Morgan fingerprint density at radius 3 is 2.65 bits per heavy atom. The SMILES string of the molecule is Cc1nc2c(F)c(-c3cccc(Cl)c3Cl)c(CCC#N)cc2c2c1cc([C@H]1[C@H]3C[C@H](CN(c4nccc(C(F)F)n4)C3)N1C(=O)C1CC1)n2[C@H]1[C@H]2CN[C@@H]1C2. The number of aromatic nitrogens is 4. The number of benzene rings is 2. The molecule has 0 unspecified atom stereocenters. The fraction of sp³-hybridized carbons (Fsp3) is 0.439. The Kier molecular flexibility index (Phi) is 8.32. The fourth-order valence-electron chi connectivity index (χ4n) is 10.1. The number of hydrogen-bond donors (Lipinski definition) is 1. The molecule has 5 aromatic rings. The van der Waals surface area contributed by atoms with Crippen LogP contribution in [0.4, 0.5) is 19.1 Å². The summed E-state index contributed by atoms with van der Waals surface area (Å²) in [6.07, 6.45) is 2.60. The Bertz CT molecular complexity index is 2450. The molecule has 2 aliphatic carbocycles. The van der Waals surface area contributed by atoms with E-state index in [1.807, 2.05) is 17.9 Å². The van der Waals surface area contributed by atoms with E-state index in [4.69, 9.17) is 28.2 Å². The quantitative estimate of drug-likeness (QED) is 0.168. The minimum absolute atomic E-state index is 0.0342. The summed E-state index contributed by atoms with van der Waals surface area (Å²) in [7, 11) is 0. The molecule has 14 heteroatoms. The molecule has 11 rings (SSSR count). The van der Waals surface area contributed by atoms with Gasteiger partial charge in [-0.05, 0) is 74.8 Å². The summed E-state index contributed by atoms with van der Waals surface area (Å²) >= 11 is 13.1. The van der Waals surface area contributed by atoms with Gasteiger partial charge in [0, 0.05) is 83.4 Å². The first-order chi connectivity index (χ1) is 26.6. The van der Waals surface area contributed by atoms with E-state index < -0.39 is 12.2 Å². The van der Waals surface area contributed by atoms with Gasteiger partial charge in [-0.1, -0.05) is 35.3 Å². The number of pyridine rings is 1. The van der Waals surface area contributed by atoms with Crippen molar-refractivity contribution in [2.75, 3.05) is 24.5 Å². The van der Waals surface area contributed by atoms with Crippen LogP contribution in [0.2, 0.25) is 10.0 Å². The number of hydrogen-bond acceptors (Lipinski definition) is 7. The van der Waals surface area contributed by atoms with Crippen LogP contribution in [0.15, 0.2) is 42.6 Å². The number of aryl methyl sites for hydroxylation is 2. The average Bonchev–Trinajstić information content (AvgIpc) is 3.46. The molecule has 2 aromatic carbocycles. The zero-order valence-electron chi connectivity index (χ0n) is 30.0. The first kappa shape index (κ1) is 35.0. The Labute approximate surface area is 325 Å². The average molecular weight is 786 g/mol. The summed E-state index contributed by atoms with van der Waals surface area (Å²) in [5.41, 5.74) is 3.77. The van der Waals surface area contributed by atoms with E-state index >= 15 is 4.39 Å². The normalized spacial score (nSPS) is 25.6. The lowest BCUT2D eigenvalue weighted by molar-refractivity contribution is -0.135. The molecule has 3 aromatic heterocycles. The summed E-state index contributed by atoms with van der Waals surface area (Å²) in [4.78, 5) is 32.0. The van der Waals surface area contributed by atoms with Crippen LogP contribution < -0.4 is 10.2 Å². The van der Waals surface area contributed by atoms with Crippen LogP contribution in [-0.4, -0.2) is 62.0 Å². The van der Waals surface area contributed by atoms with Gasteiger partial charge in [0.2, 0.25) is 11.9 Å². The van der Waals surface area contributed by atoms with E-state index in [1.54, 1.807) is 18.2 Å². The number of nitriles is 1. The molecule has 0 radical (unpaired) electrons. The molecule has 6 atom stereocenters. The summed E-state index contributed by atoms with van der Waals surface area (Å²) in [6.45, 7) is 3.70. The van der Waals surface area contributed by atoms with Crippen molar-refractivity contribution in [1.82, 2.24) is 29.7 Å². The minimum Gasteiger partial charge on any atom is -0.338 e. The molecule has 282 valence electrons. The minimum atomic E-state index is -2.72. The molecule has 2 saturated carbocycles. The largest absolute Gasteiger partial charge is 0.338 e. The summed E-state index contributed by atoms with van der Waals surface area (Å²) in [5.74, 6) is 0.133. The molecule has 4 aliphatic heterocycles. The molecular weight excluding hydrogens is 748 g/mol. The zero-order chi connectivity index (χ0) is 37.9. The smallest absolute Gasteiger partial charge is 0.280 e. The predicted octanol–water partition coefficient (Wildman–Crippen LogP) is 8.52. The van der Waals surface area contributed by atoms with Crippen molar-refractivity contribution in [3.8, 4) is 17.2 Å². The van der Waals surface area contributed by atoms with Crippen LogP contribution in [0.5, 0.6) is 0 Å². The number of carbonyl (C=O) groups excluding carboxylic acids is 1. The number of piperidine rings is 1. The third kappa shape index (κ3) is 5.44. The molecule has 55 heavy (non-hydrogen) atoms. The second kappa shape index (κ2) is 13.1. The van der Waals surface area contributed by atoms with Crippen LogP contribution >= 0.6 is 23.2 Å². The number of nitrogens with zero attached hydrogens (tertiary/aromatic N) is 7. The second-order valence-corrected chi connectivity index (χ2v) is 16.7. The second-order valence-electron chi connectivity index (χ2n) is 15.9. The van der Waals surface area contributed by atoms with Crippen LogP contribution in [0.1, 0.15) is 73.3 Å². The summed E-state index contributed by atoms with van der Waals surface area (Å²) < 4.78 is 47.1. The molecule has 4 bridgehead atoms. The number of nitrogens with one attached hydrogen (secondary N) is 1. The maximum Gasteiger partial charge on any atom is 0.280 e. The Morgan fingerprint density at radius 2 is 1.93 bits per heavy atom. The van der Waals surface area contributed by atoms with Crippen molar-refractivity contribution in [1.29, 1.82) is 5.26 Å². The van der Waals surface area contributed by atoms with E-state index in [2.05, 4.69) is 36.9 Å². The van der Waals surface area contributed by atoms with Gasteiger partial charge in [0.05, 0.1) is 39.8 Å². The standard InChI is InChI=1S/C41H37Cl2F3N8O/c1-19-26-15-31(37-23-12-24(53(37)40(55)20-7-8-20)18-52(17-23)41-48-11-9-29(51-41)39(45)46)54(36-22-14-30(36)49-16-22)38(26)27-13-21(4-3-10-47)32(34(44)35(27)50-19)25-5-2-6-28(42)33(25)43/h2,5-6,9,11,13,15,20,22-24,30,36-37,39,49H,3-4,7-8,12,14,16-18H2,1H3/t22-,23+,24-,30-,36+,37-/m1/s1. The first-order valence-electron chi connectivity index (χ1n) is 19.0. The van der Waals surface area contributed by atoms with Crippen molar-refractivity contribution in [2.45, 2.75) is 76.0 Å². The monoisotopic (exact) mass is 784 g/mol. The number of amides is 1. The topological polar surface area (TPSA) is 103 Å². The van der Waals surface area contributed by atoms with Crippen molar-refractivity contribution in [3.05, 3.63) is 81.1 Å². The summed E-state index contributed by atoms with van der Waals surface area (Å²) in [6, 6.07) is 12.5. The Hall–Kier alpha value is -4.44. The lowest BCUT2D eigenvalue weighted by Crippen LogP contribution is -2.45.